The van der Waals surface area contributed by atoms with Crippen LogP contribution in [-0.4, -0.2) is 7.05 Å². The second-order valence-electron chi connectivity index (χ2n) is 5.33. The van der Waals surface area contributed by atoms with Crippen LogP contribution in [0.5, 0.6) is 0 Å². The van der Waals surface area contributed by atoms with Gasteiger partial charge in [0.05, 0.1) is 6.26 Å². The van der Waals surface area contributed by atoms with Crippen LogP contribution in [0.3, 0.4) is 0 Å². The van der Waals surface area contributed by atoms with E-state index in [0.717, 1.165) is 18.6 Å². The average molecular weight is 255 g/mol. The summed E-state index contributed by atoms with van der Waals surface area (Å²) in [7, 11) is 2.04. The first-order valence-corrected chi connectivity index (χ1v) is 7.14. The average Bonchev–Trinajstić information content (AvgIpc) is 2.88. The van der Waals surface area contributed by atoms with E-state index in [2.05, 4.69) is 42.6 Å². The van der Waals surface area contributed by atoms with Crippen LogP contribution in [0.25, 0.3) is 0 Å². The molecule has 0 fully saturated rings. The van der Waals surface area contributed by atoms with Crippen LogP contribution >= 0.6 is 0 Å². The Morgan fingerprint density at radius 1 is 1.32 bits per heavy atom. The highest BCUT2D eigenvalue weighted by atomic mass is 16.3. The van der Waals surface area contributed by atoms with Crippen molar-refractivity contribution in [2.75, 3.05) is 7.05 Å². The van der Waals surface area contributed by atoms with E-state index < -0.39 is 0 Å². The van der Waals surface area contributed by atoms with Crippen molar-refractivity contribution in [2.45, 2.75) is 38.1 Å². The summed E-state index contributed by atoms with van der Waals surface area (Å²) in [6.45, 7) is 2.15. The zero-order valence-corrected chi connectivity index (χ0v) is 11.6. The first-order chi connectivity index (χ1) is 9.33. The Kier molecular flexibility index (Phi) is 3.43. The predicted molar refractivity (Wildman–Crippen MR) is 77.4 cm³/mol. The molecule has 0 radical (unpaired) electrons. The van der Waals surface area contributed by atoms with E-state index in [0.29, 0.717) is 12.0 Å². The summed E-state index contributed by atoms with van der Waals surface area (Å²) in [6, 6.07) is 11.3. The summed E-state index contributed by atoms with van der Waals surface area (Å²) >= 11 is 0. The van der Waals surface area contributed by atoms with Crippen LogP contribution in [0.2, 0.25) is 0 Å². The molecule has 1 aromatic heterocycles. The van der Waals surface area contributed by atoms with Crippen molar-refractivity contribution in [1.82, 2.24) is 5.32 Å². The zero-order valence-electron chi connectivity index (χ0n) is 11.6. The van der Waals surface area contributed by atoms with Gasteiger partial charge in [-0.05, 0) is 43.0 Å². The molecule has 2 unspecified atom stereocenters. The van der Waals surface area contributed by atoms with Crippen LogP contribution in [0.15, 0.2) is 41.0 Å². The van der Waals surface area contributed by atoms with Gasteiger partial charge in [-0.25, -0.2) is 0 Å². The van der Waals surface area contributed by atoms with Gasteiger partial charge in [-0.2, -0.15) is 0 Å². The van der Waals surface area contributed by atoms with Crippen molar-refractivity contribution < 1.29 is 4.42 Å². The third kappa shape index (κ3) is 2.21. The van der Waals surface area contributed by atoms with Gasteiger partial charge in [0.1, 0.15) is 5.76 Å². The van der Waals surface area contributed by atoms with Gasteiger partial charge in [0.25, 0.3) is 0 Å². The summed E-state index contributed by atoms with van der Waals surface area (Å²) in [5.74, 6) is 1.81. The van der Waals surface area contributed by atoms with E-state index in [1.807, 2.05) is 13.3 Å². The summed E-state index contributed by atoms with van der Waals surface area (Å²) in [4.78, 5) is 0. The fourth-order valence-electron chi connectivity index (χ4n) is 3.21. The number of fused-ring (bicyclic) bond motifs is 1. The molecule has 0 bridgehead atoms. The quantitative estimate of drug-likeness (QED) is 0.878. The maximum absolute atomic E-state index is 5.56. The molecule has 1 aromatic carbocycles. The molecule has 1 N–H and O–H groups in total. The van der Waals surface area contributed by atoms with E-state index in [1.165, 1.54) is 23.1 Å². The largest absolute Gasteiger partial charge is 0.469 e. The highest BCUT2D eigenvalue weighted by Crippen LogP contribution is 2.41. The minimum absolute atomic E-state index is 0.395. The number of hydrogen-bond donors (Lipinski definition) is 1. The highest BCUT2D eigenvalue weighted by molar-refractivity contribution is 5.40. The fourth-order valence-corrected chi connectivity index (χ4v) is 3.21. The standard InChI is InChI=1S/C17H21NO/c1-3-17-15(8-9-19-17)16(18-2)11-13-10-12-6-4-5-7-14(12)13/h4-9,13,16,18H,3,10-11H2,1-2H3. The van der Waals surface area contributed by atoms with Crippen molar-refractivity contribution in [1.29, 1.82) is 0 Å². The van der Waals surface area contributed by atoms with E-state index in [-0.39, 0.29) is 0 Å². The van der Waals surface area contributed by atoms with Crippen molar-refractivity contribution in [2.24, 2.45) is 0 Å². The normalized spacial score (nSPS) is 18.7. The minimum Gasteiger partial charge on any atom is -0.469 e. The monoisotopic (exact) mass is 255 g/mol. The van der Waals surface area contributed by atoms with Crippen molar-refractivity contribution in [3.63, 3.8) is 0 Å². The maximum Gasteiger partial charge on any atom is 0.108 e. The number of benzene rings is 1. The predicted octanol–water partition coefficient (Wildman–Crippen LogP) is 3.83. The lowest BCUT2D eigenvalue weighted by atomic mass is 9.74. The molecule has 2 aromatic rings. The molecule has 2 nitrogen and oxygen atoms in total. The first kappa shape index (κ1) is 12.5. The van der Waals surface area contributed by atoms with Crippen LogP contribution in [-0.2, 0) is 12.8 Å². The fraction of sp³-hybridized carbons (Fsp3) is 0.412. The maximum atomic E-state index is 5.56. The van der Waals surface area contributed by atoms with Gasteiger partial charge in [-0.15, -0.1) is 0 Å². The van der Waals surface area contributed by atoms with Gasteiger partial charge in [0.15, 0.2) is 0 Å². The Labute approximate surface area is 114 Å². The number of nitrogens with one attached hydrogen (secondary N) is 1. The Hall–Kier alpha value is -1.54. The molecule has 0 aliphatic heterocycles. The zero-order chi connectivity index (χ0) is 13.2. The summed E-state index contributed by atoms with van der Waals surface area (Å²) in [5.41, 5.74) is 4.38. The molecule has 3 rings (SSSR count). The molecule has 100 valence electrons. The van der Waals surface area contributed by atoms with Gasteiger partial charge in [-0.3, -0.25) is 0 Å². The number of furan rings is 1. The van der Waals surface area contributed by atoms with Gasteiger partial charge in [-0.1, -0.05) is 31.2 Å². The highest BCUT2D eigenvalue weighted by Gasteiger charge is 2.29. The molecular formula is C17H21NO. The second kappa shape index (κ2) is 5.22. The van der Waals surface area contributed by atoms with E-state index >= 15 is 0 Å². The van der Waals surface area contributed by atoms with Crippen molar-refractivity contribution in [3.8, 4) is 0 Å². The van der Waals surface area contributed by atoms with Crippen LogP contribution < -0.4 is 5.32 Å². The van der Waals surface area contributed by atoms with Crippen LogP contribution in [0.4, 0.5) is 0 Å². The first-order valence-electron chi connectivity index (χ1n) is 7.14. The molecule has 0 saturated carbocycles. The molecule has 1 aliphatic carbocycles. The summed E-state index contributed by atoms with van der Waals surface area (Å²) < 4.78 is 5.56. The lowest BCUT2D eigenvalue weighted by molar-refractivity contribution is 0.438. The molecule has 2 heteroatoms. The third-order valence-electron chi connectivity index (χ3n) is 4.31. The second-order valence-corrected chi connectivity index (χ2v) is 5.33. The SMILES string of the molecule is CCc1occc1C(CC1Cc2ccccc21)NC. The molecule has 1 aliphatic rings. The molecule has 0 amide bonds. The van der Waals surface area contributed by atoms with Crippen molar-refractivity contribution in [3.05, 3.63) is 59.0 Å². The van der Waals surface area contributed by atoms with Gasteiger partial charge in [0.2, 0.25) is 0 Å². The molecule has 2 atom stereocenters. The Balaban J connectivity index is 1.76. The minimum atomic E-state index is 0.395. The van der Waals surface area contributed by atoms with Crippen LogP contribution in [0, 0.1) is 0 Å². The molecule has 0 spiro atoms. The molecule has 1 heterocycles. The number of rotatable bonds is 5. The Morgan fingerprint density at radius 2 is 2.16 bits per heavy atom. The molecule has 0 saturated heterocycles. The smallest absolute Gasteiger partial charge is 0.108 e. The number of hydrogen-bond acceptors (Lipinski definition) is 2. The van der Waals surface area contributed by atoms with Gasteiger partial charge in [0, 0.05) is 18.0 Å². The molecular weight excluding hydrogens is 234 g/mol. The van der Waals surface area contributed by atoms with Crippen LogP contribution in [0.1, 0.15) is 47.8 Å². The topological polar surface area (TPSA) is 25.2 Å². The Morgan fingerprint density at radius 3 is 2.89 bits per heavy atom. The van der Waals surface area contributed by atoms with Gasteiger partial charge >= 0.3 is 0 Å². The molecule has 19 heavy (non-hydrogen) atoms. The van der Waals surface area contributed by atoms with Gasteiger partial charge < -0.3 is 9.73 Å². The lowest BCUT2D eigenvalue weighted by Gasteiger charge is -2.33. The van der Waals surface area contributed by atoms with E-state index in [9.17, 15) is 0 Å². The Bertz CT molecular complexity index is 558. The summed E-state index contributed by atoms with van der Waals surface area (Å²) in [5, 5.41) is 3.45. The lowest BCUT2D eigenvalue weighted by Crippen LogP contribution is -2.25. The summed E-state index contributed by atoms with van der Waals surface area (Å²) in [6.07, 6.45) is 5.14. The van der Waals surface area contributed by atoms with E-state index in [1.54, 1.807) is 0 Å². The van der Waals surface area contributed by atoms with Crippen molar-refractivity contribution >= 4 is 0 Å². The number of aryl methyl sites for hydroxylation is 1. The van der Waals surface area contributed by atoms with E-state index in [4.69, 9.17) is 4.42 Å². The third-order valence-corrected chi connectivity index (χ3v) is 4.31.